The molecule has 1 amide bonds. The highest BCUT2D eigenvalue weighted by Gasteiger charge is 2.14. The molecule has 18 heavy (non-hydrogen) atoms. The fourth-order valence-electron chi connectivity index (χ4n) is 1.37. The van der Waals surface area contributed by atoms with Crippen molar-refractivity contribution >= 4 is 12.2 Å². The van der Waals surface area contributed by atoms with Crippen molar-refractivity contribution in [3.63, 3.8) is 0 Å². The quantitative estimate of drug-likeness (QED) is 0.788. The van der Waals surface area contributed by atoms with Crippen LogP contribution in [0.5, 0.6) is 5.75 Å². The number of rotatable bonds is 6. The second-order valence-electron chi connectivity index (χ2n) is 3.89. The molecule has 0 aliphatic heterocycles. The maximum atomic E-state index is 13.1. The molecule has 0 saturated heterocycles. The lowest BCUT2D eigenvalue weighted by Crippen LogP contribution is -2.36. The molecular formula is C13H16FNO3. The summed E-state index contributed by atoms with van der Waals surface area (Å²) in [5.74, 6) is -0.680. The van der Waals surface area contributed by atoms with E-state index in [1.165, 1.54) is 6.07 Å². The van der Waals surface area contributed by atoms with E-state index in [1.807, 2.05) is 6.92 Å². The molecule has 0 aliphatic carbocycles. The number of carbonyl (C=O) groups excluding carboxylic acids is 2. The molecule has 1 unspecified atom stereocenters. The smallest absolute Gasteiger partial charge is 0.260 e. The van der Waals surface area contributed by atoms with Crippen molar-refractivity contribution in [2.24, 2.45) is 0 Å². The Balaban J connectivity index is 2.69. The van der Waals surface area contributed by atoms with Crippen LogP contribution in [0.15, 0.2) is 18.2 Å². The van der Waals surface area contributed by atoms with Crippen LogP contribution < -0.4 is 10.1 Å². The van der Waals surface area contributed by atoms with Crippen molar-refractivity contribution in [3.05, 3.63) is 29.6 Å². The van der Waals surface area contributed by atoms with Crippen molar-refractivity contribution in [3.8, 4) is 5.75 Å². The Kier molecular flexibility index (Phi) is 5.30. The van der Waals surface area contributed by atoms with Gasteiger partial charge in [-0.25, -0.2) is 4.39 Å². The molecule has 1 aromatic carbocycles. The van der Waals surface area contributed by atoms with Crippen molar-refractivity contribution in [2.75, 3.05) is 6.54 Å². The minimum absolute atomic E-state index is 0.163. The first kappa shape index (κ1) is 14.2. The summed E-state index contributed by atoms with van der Waals surface area (Å²) >= 11 is 0. The number of hydrogen-bond acceptors (Lipinski definition) is 3. The molecule has 1 N–H and O–H groups in total. The van der Waals surface area contributed by atoms with Crippen LogP contribution in [0.1, 0.15) is 30.6 Å². The van der Waals surface area contributed by atoms with Gasteiger partial charge in [-0.1, -0.05) is 6.92 Å². The highest BCUT2D eigenvalue weighted by atomic mass is 19.1. The molecule has 1 atom stereocenters. The van der Waals surface area contributed by atoms with E-state index in [9.17, 15) is 14.0 Å². The molecule has 1 aromatic rings. The fourth-order valence-corrected chi connectivity index (χ4v) is 1.37. The zero-order valence-corrected chi connectivity index (χ0v) is 10.4. The van der Waals surface area contributed by atoms with Crippen molar-refractivity contribution in [2.45, 2.75) is 26.4 Å². The highest BCUT2D eigenvalue weighted by molar-refractivity contribution is 5.80. The zero-order valence-electron chi connectivity index (χ0n) is 10.4. The molecule has 0 saturated carbocycles. The first-order valence-corrected chi connectivity index (χ1v) is 5.77. The summed E-state index contributed by atoms with van der Waals surface area (Å²) in [5.41, 5.74) is 0.172. The number of hydrogen-bond donors (Lipinski definition) is 1. The van der Waals surface area contributed by atoms with Gasteiger partial charge in [-0.2, -0.15) is 0 Å². The molecule has 4 nitrogen and oxygen atoms in total. The second-order valence-corrected chi connectivity index (χ2v) is 3.89. The molecule has 0 radical (unpaired) electrons. The maximum absolute atomic E-state index is 13.1. The Hall–Kier alpha value is -1.91. The van der Waals surface area contributed by atoms with E-state index >= 15 is 0 Å². The standard InChI is InChI=1S/C13H16FNO3/c1-3-4-15-13(17)9(2)18-12-6-10(8-16)5-11(14)7-12/h5-9H,3-4H2,1-2H3,(H,15,17). The Morgan fingerprint density at radius 3 is 2.83 bits per heavy atom. The van der Waals surface area contributed by atoms with E-state index < -0.39 is 11.9 Å². The molecule has 0 fully saturated rings. The van der Waals surface area contributed by atoms with E-state index in [2.05, 4.69) is 5.32 Å². The summed E-state index contributed by atoms with van der Waals surface area (Å²) in [4.78, 5) is 22.1. The Labute approximate surface area is 105 Å². The summed E-state index contributed by atoms with van der Waals surface area (Å²) in [5, 5.41) is 2.67. The van der Waals surface area contributed by atoms with Gasteiger partial charge >= 0.3 is 0 Å². The fraction of sp³-hybridized carbons (Fsp3) is 0.385. The summed E-state index contributed by atoms with van der Waals surface area (Å²) in [6, 6.07) is 3.62. The van der Waals surface area contributed by atoms with Gasteiger partial charge in [-0.3, -0.25) is 9.59 Å². The average Bonchev–Trinajstić information content (AvgIpc) is 2.34. The zero-order chi connectivity index (χ0) is 13.5. The first-order valence-electron chi connectivity index (χ1n) is 5.77. The van der Waals surface area contributed by atoms with Crippen LogP contribution in [0, 0.1) is 5.82 Å². The van der Waals surface area contributed by atoms with Crippen LogP contribution in [0.3, 0.4) is 0 Å². The lowest BCUT2D eigenvalue weighted by molar-refractivity contribution is -0.127. The predicted molar refractivity (Wildman–Crippen MR) is 65.2 cm³/mol. The average molecular weight is 253 g/mol. The molecular weight excluding hydrogens is 237 g/mol. The topological polar surface area (TPSA) is 55.4 Å². The van der Waals surface area contributed by atoms with E-state index in [1.54, 1.807) is 6.92 Å². The van der Waals surface area contributed by atoms with Crippen molar-refractivity contribution < 1.29 is 18.7 Å². The first-order chi connectivity index (χ1) is 8.56. The second kappa shape index (κ2) is 6.74. The summed E-state index contributed by atoms with van der Waals surface area (Å²) in [6.07, 6.45) is 0.615. The number of halogens is 1. The molecule has 1 rings (SSSR count). The number of nitrogens with one attached hydrogen (secondary N) is 1. The Bertz CT molecular complexity index is 434. The van der Waals surface area contributed by atoms with Crippen LogP contribution in [0.2, 0.25) is 0 Å². The van der Waals surface area contributed by atoms with Crippen LogP contribution in [0.4, 0.5) is 4.39 Å². The summed E-state index contributed by atoms with van der Waals surface area (Å²) < 4.78 is 18.4. The van der Waals surface area contributed by atoms with Gasteiger partial charge in [0.05, 0.1) is 0 Å². The van der Waals surface area contributed by atoms with Gasteiger partial charge in [0, 0.05) is 18.2 Å². The number of aldehydes is 1. The Morgan fingerprint density at radius 1 is 1.50 bits per heavy atom. The molecule has 0 spiro atoms. The molecule has 0 heterocycles. The van der Waals surface area contributed by atoms with E-state index in [-0.39, 0.29) is 17.2 Å². The van der Waals surface area contributed by atoms with Crippen LogP contribution in [0.25, 0.3) is 0 Å². The highest BCUT2D eigenvalue weighted by Crippen LogP contribution is 2.16. The third kappa shape index (κ3) is 4.16. The summed E-state index contributed by atoms with van der Waals surface area (Å²) in [7, 11) is 0. The van der Waals surface area contributed by atoms with Gasteiger partial charge in [0.15, 0.2) is 6.10 Å². The van der Waals surface area contributed by atoms with Crippen LogP contribution in [-0.4, -0.2) is 24.8 Å². The molecule has 0 aliphatic rings. The van der Waals surface area contributed by atoms with Gasteiger partial charge in [0.1, 0.15) is 17.9 Å². The Morgan fingerprint density at radius 2 is 2.22 bits per heavy atom. The van der Waals surface area contributed by atoms with Gasteiger partial charge in [-0.05, 0) is 25.5 Å². The van der Waals surface area contributed by atoms with Crippen LogP contribution in [-0.2, 0) is 4.79 Å². The van der Waals surface area contributed by atoms with E-state index in [4.69, 9.17) is 4.74 Å². The third-order valence-electron chi connectivity index (χ3n) is 2.26. The number of carbonyl (C=O) groups is 2. The molecule has 0 bridgehead atoms. The SMILES string of the molecule is CCCNC(=O)C(C)Oc1cc(F)cc(C=O)c1. The normalized spacial score (nSPS) is 11.7. The third-order valence-corrected chi connectivity index (χ3v) is 2.26. The molecule has 98 valence electrons. The van der Waals surface area contributed by atoms with Gasteiger partial charge < -0.3 is 10.1 Å². The lowest BCUT2D eigenvalue weighted by Gasteiger charge is -2.14. The van der Waals surface area contributed by atoms with Crippen LogP contribution >= 0.6 is 0 Å². The number of benzene rings is 1. The van der Waals surface area contributed by atoms with Gasteiger partial charge in [0.25, 0.3) is 5.91 Å². The number of ether oxygens (including phenoxy) is 1. The molecule has 0 aromatic heterocycles. The largest absolute Gasteiger partial charge is 0.481 e. The van der Waals surface area contributed by atoms with Crippen molar-refractivity contribution in [1.29, 1.82) is 0 Å². The number of amides is 1. The summed E-state index contributed by atoms with van der Waals surface area (Å²) in [6.45, 7) is 4.07. The minimum atomic E-state index is -0.738. The van der Waals surface area contributed by atoms with E-state index in [0.29, 0.717) is 12.8 Å². The van der Waals surface area contributed by atoms with Gasteiger partial charge in [0.2, 0.25) is 0 Å². The van der Waals surface area contributed by atoms with Gasteiger partial charge in [-0.15, -0.1) is 0 Å². The monoisotopic (exact) mass is 253 g/mol. The van der Waals surface area contributed by atoms with Crippen molar-refractivity contribution in [1.82, 2.24) is 5.32 Å². The lowest BCUT2D eigenvalue weighted by atomic mass is 10.2. The predicted octanol–water partition coefficient (Wildman–Crippen LogP) is 1.93. The minimum Gasteiger partial charge on any atom is -0.481 e. The van der Waals surface area contributed by atoms with E-state index in [0.717, 1.165) is 18.6 Å². The maximum Gasteiger partial charge on any atom is 0.260 e. The molecule has 5 heteroatoms.